The molecule has 0 bridgehead atoms. The number of aromatic nitrogens is 1. The Bertz CT molecular complexity index is 1430. The second-order valence-electron chi connectivity index (χ2n) is 9.42. The van der Waals surface area contributed by atoms with E-state index < -0.39 is 24.5 Å². The molecule has 3 aliphatic heterocycles. The number of halogens is 1. The smallest absolute Gasteiger partial charge is 0.451 e. The largest absolute Gasteiger partial charge is 0.510 e. The Morgan fingerprint density at radius 2 is 2.08 bits per heavy atom. The zero-order chi connectivity index (χ0) is 27.1. The van der Waals surface area contributed by atoms with Gasteiger partial charge in [0.15, 0.2) is 5.69 Å². The number of allylic oxidation sites excluding steroid dienone is 3. The fourth-order valence-corrected chi connectivity index (χ4v) is 7.26. The topological polar surface area (TPSA) is 99.5 Å². The number of morpholine rings is 1. The number of hydrogen-bond donors (Lipinski definition) is 0. The maximum Gasteiger partial charge on any atom is 0.510 e. The standard InChI is InChI=1S/C27H26ClN3O7S/c1-35-27(34)38-15-37-25-19(32)9-10-30-24(25)26(33)29-11-12-36-13-21(29)31(30)23-17-6-2-3-8-20(17)39-14-16-5-4-7-18(28)22(16)23/h2-10,16,21-23H,11-15H2,1H3/t16?,21-,22?,23-/m1/s1. The summed E-state index contributed by atoms with van der Waals surface area (Å²) in [5.74, 6) is 0.270. The van der Waals surface area contributed by atoms with E-state index in [0.29, 0.717) is 13.2 Å². The summed E-state index contributed by atoms with van der Waals surface area (Å²) in [6.45, 7) is 0.383. The summed E-state index contributed by atoms with van der Waals surface area (Å²) in [6, 6.07) is 9.23. The highest BCUT2D eigenvalue weighted by Gasteiger charge is 2.49. The van der Waals surface area contributed by atoms with Gasteiger partial charge in [0.25, 0.3) is 5.91 Å². The molecule has 1 aliphatic carbocycles. The van der Waals surface area contributed by atoms with Gasteiger partial charge in [0.1, 0.15) is 6.17 Å². The van der Waals surface area contributed by atoms with Gasteiger partial charge in [-0.15, -0.1) is 11.8 Å². The molecule has 204 valence electrons. The van der Waals surface area contributed by atoms with E-state index in [1.165, 1.54) is 6.07 Å². The molecule has 0 spiro atoms. The molecule has 1 amide bonds. The average Bonchev–Trinajstić information content (AvgIpc) is 3.12. The van der Waals surface area contributed by atoms with Gasteiger partial charge < -0.3 is 23.8 Å². The van der Waals surface area contributed by atoms with Crippen molar-refractivity contribution in [2.75, 3.05) is 44.4 Å². The van der Waals surface area contributed by atoms with E-state index >= 15 is 0 Å². The van der Waals surface area contributed by atoms with Crippen LogP contribution in [0.1, 0.15) is 22.1 Å². The summed E-state index contributed by atoms with van der Waals surface area (Å²) < 4.78 is 22.5. The molecule has 0 saturated carbocycles. The van der Waals surface area contributed by atoms with Gasteiger partial charge in [-0.3, -0.25) is 19.3 Å². The molecule has 0 radical (unpaired) electrons. The number of rotatable bonds is 4. The fourth-order valence-electron chi connectivity index (χ4n) is 5.69. The van der Waals surface area contributed by atoms with Crippen LogP contribution in [0.3, 0.4) is 0 Å². The summed E-state index contributed by atoms with van der Waals surface area (Å²) >= 11 is 8.74. The van der Waals surface area contributed by atoms with Gasteiger partial charge in [-0.05, 0) is 23.6 Å². The first-order valence-corrected chi connectivity index (χ1v) is 13.9. The highest BCUT2D eigenvalue weighted by molar-refractivity contribution is 7.99. The van der Waals surface area contributed by atoms with Crippen LogP contribution in [0.2, 0.25) is 0 Å². The van der Waals surface area contributed by atoms with Gasteiger partial charge >= 0.3 is 6.16 Å². The summed E-state index contributed by atoms with van der Waals surface area (Å²) in [5, 5.41) is 2.80. The molecule has 4 atom stereocenters. The molecule has 2 unspecified atom stereocenters. The summed E-state index contributed by atoms with van der Waals surface area (Å²) in [4.78, 5) is 41.2. The maximum atomic E-state index is 13.9. The first-order chi connectivity index (χ1) is 19.0. The van der Waals surface area contributed by atoms with Crippen LogP contribution in [-0.4, -0.2) is 67.2 Å². The molecule has 4 heterocycles. The molecule has 0 N–H and O–H groups in total. The van der Waals surface area contributed by atoms with Crippen LogP contribution in [0, 0.1) is 11.8 Å². The van der Waals surface area contributed by atoms with Gasteiger partial charge in [-0.2, -0.15) is 0 Å². The van der Waals surface area contributed by atoms with Crippen LogP contribution >= 0.6 is 23.4 Å². The molecular weight excluding hydrogens is 546 g/mol. The third-order valence-corrected chi connectivity index (χ3v) is 9.00. The van der Waals surface area contributed by atoms with Crippen molar-refractivity contribution in [3.8, 4) is 5.75 Å². The lowest BCUT2D eigenvalue weighted by Crippen LogP contribution is -2.67. The molecule has 12 heteroatoms. The summed E-state index contributed by atoms with van der Waals surface area (Å²) in [7, 11) is 1.16. The third kappa shape index (κ3) is 4.48. The monoisotopic (exact) mass is 571 g/mol. The molecule has 1 aromatic heterocycles. The molecule has 1 fully saturated rings. The highest BCUT2D eigenvalue weighted by Crippen LogP contribution is 2.50. The van der Waals surface area contributed by atoms with Gasteiger partial charge in [0, 0.05) is 40.4 Å². The van der Waals surface area contributed by atoms with Crippen molar-refractivity contribution in [3.05, 3.63) is 81.3 Å². The lowest BCUT2D eigenvalue weighted by Gasteiger charge is -2.53. The van der Waals surface area contributed by atoms with Crippen LogP contribution in [-0.2, 0) is 14.2 Å². The van der Waals surface area contributed by atoms with E-state index in [1.54, 1.807) is 27.5 Å². The second-order valence-corrected chi connectivity index (χ2v) is 10.9. The van der Waals surface area contributed by atoms with Crippen LogP contribution < -0.4 is 15.2 Å². The number of pyridine rings is 1. The second kappa shape index (κ2) is 10.6. The number of ether oxygens (including phenoxy) is 4. The number of carbonyl (C=O) groups is 2. The molecule has 39 heavy (non-hydrogen) atoms. The van der Waals surface area contributed by atoms with Crippen LogP contribution in [0.25, 0.3) is 0 Å². The van der Waals surface area contributed by atoms with E-state index in [1.807, 2.05) is 24.3 Å². The van der Waals surface area contributed by atoms with Crippen molar-refractivity contribution in [2.24, 2.45) is 11.8 Å². The van der Waals surface area contributed by atoms with Gasteiger partial charge in [-0.25, -0.2) is 4.79 Å². The highest BCUT2D eigenvalue weighted by atomic mass is 35.5. The van der Waals surface area contributed by atoms with E-state index in [9.17, 15) is 14.4 Å². The van der Waals surface area contributed by atoms with Crippen LogP contribution in [0.4, 0.5) is 4.79 Å². The number of nitrogens with zero attached hydrogens (tertiary/aromatic N) is 3. The Morgan fingerprint density at radius 3 is 2.92 bits per heavy atom. The number of fused-ring (bicyclic) bond motifs is 4. The number of thioether (sulfide) groups is 1. The van der Waals surface area contributed by atoms with Crippen molar-refractivity contribution in [1.29, 1.82) is 0 Å². The summed E-state index contributed by atoms with van der Waals surface area (Å²) in [6.07, 6.45) is 6.25. The Balaban J connectivity index is 1.54. The Morgan fingerprint density at radius 1 is 1.23 bits per heavy atom. The van der Waals surface area contributed by atoms with Crippen molar-refractivity contribution in [1.82, 2.24) is 9.58 Å². The quantitative estimate of drug-likeness (QED) is 0.403. The number of benzene rings is 1. The zero-order valence-electron chi connectivity index (χ0n) is 21.0. The van der Waals surface area contributed by atoms with Crippen molar-refractivity contribution >= 4 is 35.4 Å². The van der Waals surface area contributed by atoms with Gasteiger partial charge in [0.2, 0.25) is 18.0 Å². The fraction of sp³-hybridized carbons (Fsp3) is 0.370. The first kappa shape index (κ1) is 25.8. The van der Waals surface area contributed by atoms with E-state index in [4.69, 9.17) is 25.8 Å². The third-order valence-electron chi connectivity index (χ3n) is 7.39. The predicted molar refractivity (Wildman–Crippen MR) is 144 cm³/mol. The van der Waals surface area contributed by atoms with E-state index in [0.717, 1.165) is 28.4 Å². The zero-order valence-corrected chi connectivity index (χ0v) is 22.6. The molecular formula is C27H26ClN3O7S. The molecule has 6 rings (SSSR count). The Labute approximate surface area is 233 Å². The molecule has 2 aromatic rings. The number of amides is 1. The van der Waals surface area contributed by atoms with Crippen LogP contribution in [0.15, 0.2) is 69.5 Å². The van der Waals surface area contributed by atoms with E-state index in [2.05, 4.69) is 28.0 Å². The lowest BCUT2D eigenvalue weighted by molar-refractivity contribution is -0.0243. The van der Waals surface area contributed by atoms with Gasteiger partial charge in [-0.1, -0.05) is 42.0 Å². The minimum Gasteiger partial charge on any atom is -0.451 e. The van der Waals surface area contributed by atoms with Crippen molar-refractivity contribution in [2.45, 2.75) is 17.1 Å². The minimum absolute atomic E-state index is 0.0477. The lowest BCUT2D eigenvalue weighted by atomic mass is 9.80. The molecule has 1 aromatic carbocycles. The normalized spacial score (nSPS) is 25.4. The molecule has 10 nitrogen and oxygen atoms in total. The number of hydrogen-bond acceptors (Lipinski definition) is 9. The van der Waals surface area contributed by atoms with Crippen molar-refractivity contribution in [3.63, 3.8) is 0 Å². The predicted octanol–water partition coefficient (Wildman–Crippen LogP) is 3.49. The summed E-state index contributed by atoms with van der Waals surface area (Å²) in [5.41, 5.74) is 0.604. The Hall–Kier alpha value is -3.41. The maximum absolute atomic E-state index is 13.9. The molecule has 1 saturated heterocycles. The first-order valence-electron chi connectivity index (χ1n) is 12.5. The molecule has 4 aliphatic rings. The van der Waals surface area contributed by atoms with Gasteiger partial charge in [0.05, 0.1) is 26.4 Å². The minimum atomic E-state index is -0.966. The van der Waals surface area contributed by atoms with E-state index in [-0.39, 0.29) is 41.8 Å². The van der Waals surface area contributed by atoms with Crippen LogP contribution in [0.5, 0.6) is 5.75 Å². The average molecular weight is 572 g/mol. The number of carbonyl (C=O) groups excluding carboxylic acids is 2. The SMILES string of the molecule is COC(=O)OCOc1c2n(ccc1=O)N([C@@H]1c3ccccc3SCC3C=CC=C(Cl)C31)[C@@H]1COCCN1C2=O. The van der Waals surface area contributed by atoms with Crippen molar-refractivity contribution < 1.29 is 28.5 Å². The Kier molecular flexibility index (Phi) is 7.05. The number of methoxy groups -OCH3 is 1.